The number of hydrogen-bond donors (Lipinski definition) is 0. The maximum absolute atomic E-state index is 4.67. The van der Waals surface area contributed by atoms with Crippen LogP contribution >= 0.6 is 0 Å². The molecular formula is C48H34N4. The number of hydrogen-bond acceptors (Lipinski definition) is 4. The Morgan fingerprint density at radius 1 is 0.269 bits per heavy atom. The SMILES string of the molecule is c1ccc(N(c2ccc(-c3ccc(-c4ccc(N(c5ccccc5)c5cccc6ccccc56)cc4)nn3)cc2)c2cccc3ccccc23)cc1. The summed E-state index contributed by atoms with van der Waals surface area (Å²) in [5.41, 5.74) is 10.3. The Hall–Kier alpha value is -7.04. The van der Waals surface area contributed by atoms with Crippen LogP contribution in [0, 0.1) is 0 Å². The van der Waals surface area contributed by atoms with Gasteiger partial charge in [-0.3, -0.25) is 0 Å². The molecule has 9 rings (SSSR count). The second-order valence-corrected chi connectivity index (χ2v) is 12.7. The minimum atomic E-state index is 0.828. The lowest BCUT2D eigenvalue weighted by atomic mass is 10.0. The molecular weight excluding hydrogens is 633 g/mol. The van der Waals surface area contributed by atoms with E-state index in [1.165, 1.54) is 21.5 Å². The van der Waals surface area contributed by atoms with Crippen LogP contribution in [0.25, 0.3) is 44.1 Å². The zero-order valence-corrected chi connectivity index (χ0v) is 28.4. The Bertz CT molecular complexity index is 2410. The molecule has 8 aromatic carbocycles. The van der Waals surface area contributed by atoms with E-state index in [0.717, 1.165) is 56.6 Å². The van der Waals surface area contributed by atoms with Crippen molar-refractivity contribution < 1.29 is 0 Å². The molecule has 0 bridgehead atoms. The summed E-state index contributed by atoms with van der Waals surface area (Å²) in [5.74, 6) is 0. The van der Waals surface area contributed by atoms with Crippen LogP contribution in [-0.2, 0) is 0 Å². The lowest BCUT2D eigenvalue weighted by Crippen LogP contribution is -2.10. The zero-order valence-electron chi connectivity index (χ0n) is 28.4. The van der Waals surface area contributed by atoms with Crippen molar-refractivity contribution in [3.8, 4) is 22.5 Å². The van der Waals surface area contributed by atoms with Crippen LogP contribution in [0.3, 0.4) is 0 Å². The van der Waals surface area contributed by atoms with Gasteiger partial charge < -0.3 is 9.80 Å². The largest absolute Gasteiger partial charge is 0.310 e. The Labute approximate surface area is 303 Å². The third-order valence-electron chi connectivity index (χ3n) is 9.55. The van der Waals surface area contributed by atoms with E-state index in [-0.39, 0.29) is 0 Å². The smallest absolute Gasteiger partial charge is 0.0930 e. The topological polar surface area (TPSA) is 32.3 Å². The number of para-hydroxylation sites is 2. The number of aromatic nitrogens is 2. The highest BCUT2D eigenvalue weighted by molar-refractivity contribution is 6.00. The van der Waals surface area contributed by atoms with Crippen LogP contribution in [-0.4, -0.2) is 10.2 Å². The maximum atomic E-state index is 4.67. The van der Waals surface area contributed by atoms with Crippen molar-refractivity contribution in [3.63, 3.8) is 0 Å². The predicted octanol–water partition coefficient (Wildman–Crippen LogP) is 13.1. The highest BCUT2D eigenvalue weighted by Gasteiger charge is 2.17. The summed E-state index contributed by atoms with van der Waals surface area (Å²) in [5, 5.41) is 14.2. The molecule has 9 aromatic rings. The van der Waals surface area contributed by atoms with E-state index in [2.05, 4.69) is 226 Å². The van der Waals surface area contributed by atoms with Gasteiger partial charge in [-0.15, -0.1) is 10.2 Å². The first-order valence-corrected chi connectivity index (χ1v) is 17.5. The predicted molar refractivity (Wildman–Crippen MR) is 217 cm³/mol. The van der Waals surface area contributed by atoms with E-state index in [4.69, 9.17) is 0 Å². The molecule has 4 nitrogen and oxygen atoms in total. The third kappa shape index (κ3) is 5.93. The van der Waals surface area contributed by atoms with Gasteiger partial charge in [-0.25, -0.2) is 0 Å². The third-order valence-corrected chi connectivity index (χ3v) is 9.55. The molecule has 0 aliphatic carbocycles. The van der Waals surface area contributed by atoms with Crippen molar-refractivity contribution in [3.05, 3.63) is 206 Å². The second kappa shape index (κ2) is 13.7. The van der Waals surface area contributed by atoms with Crippen LogP contribution in [0.5, 0.6) is 0 Å². The number of rotatable bonds is 8. The van der Waals surface area contributed by atoms with Gasteiger partial charge in [-0.1, -0.05) is 133 Å². The first-order chi connectivity index (χ1) is 25.8. The van der Waals surface area contributed by atoms with Gasteiger partial charge in [0, 0.05) is 44.6 Å². The van der Waals surface area contributed by atoms with Gasteiger partial charge in [-0.2, -0.15) is 0 Å². The minimum Gasteiger partial charge on any atom is -0.310 e. The first-order valence-electron chi connectivity index (χ1n) is 17.5. The lowest BCUT2D eigenvalue weighted by molar-refractivity contribution is 1.04. The Morgan fingerprint density at radius 2 is 0.615 bits per heavy atom. The van der Waals surface area contributed by atoms with Crippen molar-refractivity contribution in [2.45, 2.75) is 0 Å². The van der Waals surface area contributed by atoms with Gasteiger partial charge in [0.05, 0.1) is 22.8 Å². The molecule has 1 heterocycles. The quantitative estimate of drug-likeness (QED) is 0.162. The normalized spacial score (nSPS) is 11.1. The average Bonchev–Trinajstić information content (AvgIpc) is 3.23. The molecule has 0 unspecified atom stereocenters. The van der Waals surface area contributed by atoms with Crippen molar-refractivity contribution >= 4 is 55.7 Å². The second-order valence-electron chi connectivity index (χ2n) is 12.7. The van der Waals surface area contributed by atoms with Crippen LogP contribution < -0.4 is 9.80 Å². The fourth-order valence-corrected chi connectivity index (χ4v) is 7.02. The monoisotopic (exact) mass is 666 g/mol. The van der Waals surface area contributed by atoms with Crippen molar-refractivity contribution in [2.75, 3.05) is 9.80 Å². The Balaban J connectivity index is 1.00. The standard InChI is InChI=1S/C48H34N4/c1-3-17-39(18-4-1)51(47-23-11-15-35-13-7-9-21-43(35)47)41-29-25-37(26-30-41)45-33-34-46(50-49-45)38-27-31-42(32-28-38)52(40-19-5-2-6-20-40)48-24-12-16-36-14-8-10-22-44(36)48/h1-34H. The van der Waals surface area contributed by atoms with E-state index >= 15 is 0 Å². The van der Waals surface area contributed by atoms with Crippen molar-refractivity contribution in [2.24, 2.45) is 0 Å². The summed E-state index contributed by atoms with van der Waals surface area (Å²) in [6.45, 7) is 0. The summed E-state index contributed by atoms with van der Waals surface area (Å²) in [7, 11) is 0. The molecule has 0 saturated carbocycles. The average molecular weight is 667 g/mol. The molecule has 0 fully saturated rings. The van der Waals surface area contributed by atoms with Crippen LogP contribution in [0.2, 0.25) is 0 Å². The maximum Gasteiger partial charge on any atom is 0.0930 e. The van der Waals surface area contributed by atoms with Gasteiger partial charge in [0.2, 0.25) is 0 Å². The fourth-order valence-electron chi connectivity index (χ4n) is 7.02. The number of benzene rings is 8. The molecule has 0 amide bonds. The molecule has 52 heavy (non-hydrogen) atoms. The van der Waals surface area contributed by atoms with Gasteiger partial charge in [0.25, 0.3) is 0 Å². The highest BCUT2D eigenvalue weighted by Crippen LogP contribution is 2.41. The summed E-state index contributed by atoms with van der Waals surface area (Å²) in [4.78, 5) is 4.62. The van der Waals surface area contributed by atoms with E-state index < -0.39 is 0 Å². The summed E-state index contributed by atoms with van der Waals surface area (Å²) < 4.78 is 0. The molecule has 0 aliphatic rings. The molecule has 0 saturated heterocycles. The summed E-state index contributed by atoms with van der Waals surface area (Å²) in [6.07, 6.45) is 0. The van der Waals surface area contributed by atoms with Crippen molar-refractivity contribution in [1.29, 1.82) is 0 Å². The highest BCUT2D eigenvalue weighted by atomic mass is 15.2. The summed E-state index contributed by atoms with van der Waals surface area (Å²) >= 11 is 0. The van der Waals surface area contributed by atoms with E-state index in [0.29, 0.717) is 0 Å². The van der Waals surface area contributed by atoms with Gasteiger partial charge in [0.1, 0.15) is 0 Å². The molecule has 0 N–H and O–H groups in total. The van der Waals surface area contributed by atoms with Gasteiger partial charge in [0.15, 0.2) is 0 Å². The Morgan fingerprint density at radius 3 is 1.02 bits per heavy atom. The summed E-state index contributed by atoms with van der Waals surface area (Å²) in [6, 6.07) is 72.2. The number of fused-ring (bicyclic) bond motifs is 2. The lowest BCUT2D eigenvalue weighted by Gasteiger charge is -2.27. The molecule has 0 aliphatic heterocycles. The molecule has 246 valence electrons. The fraction of sp³-hybridized carbons (Fsp3) is 0. The molecule has 0 radical (unpaired) electrons. The zero-order chi connectivity index (χ0) is 34.7. The number of nitrogens with zero attached hydrogens (tertiary/aromatic N) is 4. The van der Waals surface area contributed by atoms with Crippen molar-refractivity contribution in [1.82, 2.24) is 10.2 Å². The Kier molecular flexibility index (Phi) is 8.16. The number of anilines is 6. The van der Waals surface area contributed by atoms with Gasteiger partial charge in [-0.05, 0) is 83.6 Å². The van der Waals surface area contributed by atoms with Crippen LogP contribution in [0.15, 0.2) is 206 Å². The molecule has 0 atom stereocenters. The van der Waals surface area contributed by atoms with Gasteiger partial charge >= 0.3 is 0 Å². The van der Waals surface area contributed by atoms with Crippen LogP contribution in [0.1, 0.15) is 0 Å². The van der Waals surface area contributed by atoms with E-state index in [1.54, 1.807) is 0 Å². The molecule has 4 heteroatoms. The van der Waals surface area contributed by atoms with Crippen LogP contribution in [0.4, 0.5) is 34.1 Å². The van der Waals surface area contributed by atoms with E-state index in [1.807, 2.05) is 0 Å². The first kappa shape index (κ1) is 31.0. The molecule has 1 aromatic heterocycles. The molecule has 0 spiro atoms. The minimum absolute atomic E-state index is 0.828. The van der Waals surface area contributed by atoms with E-state index in [9.17, 15) is 0 Å².